The molecule has 5 heteroatoms. The second kappa shape index (κ2) is 5.62. The lowest BCUT2D eigenvalue weighted by molar-refractivity contribution is 0.0526. The van der Waals surface area contributed by atoms with Gasteiger partial charge in [-0.1, -0.05) is 6.92 Å². The molecule has 5 nitrogen and oxygen atoms in total. The number of nitrogens with zero attached hydrogens (tertiary/aromatic N) is 2. The summed E-state index contributed by atoms with van der Waals surface area (Å²) in [4.78, 5) is 0. The molecule has 2 heterocycles. The summed E-state index contributed by atoms with van der Waals surface area (Å²) < 4.78 is 7.34. The zero-order valence-electron chi connectivity index (χ0n) is 10.6. The molecule has 0 saturated carbocycles. The number of rotatable bonds is 4. The summed E-state index contributed by atoms with van der Waals surface area (Å²) in [6.45, 7) is 3.79. The lowest BCUT2D eigenvalue weighted by Gasteiger charge is -2.29. The predicted octanol–water partition coefficient (Wildman–Crippen LogP) is 0.913. The van der Waals surface area contributed by atoms with Gasteiger partial charge in [-0.25, -0.2) is 0 Å². The van der Waals surface area contributed by atoms with Crippen LogP contribution in [0.2, 0.25) is 0 Å². The smallest absolute Gasteiger partial charge is 0.0658 e. The second-order valence-electron chi connectivity index (χ2n) is 4.63. The van der Waals surface area contributed by atoms with E-state index in [1.54, 1.807) is 0 Å². The minimum Gasteiger partial charge on any atom is -0.381 e. The van der Waals surface area contributed by atoms with Gasteiger partial charge in [0.1, 0.15) is 0 Å². The highest BCUT2D eigenvalue weighted by atomic mass is 16.5. The number of hydrazine groups is 1. The van der Waals surface area contributed by atoms with Gasteiger partial charge in [-0.15, -0.1) is 0 Å². The number of hydrogen-bond acceptors (Lipinski definition) is 4. The molecule has 17 heavy (non-hydrogen) atoms. The fourth-order valence-electron chi connectivity index (χ4n) is 2.52. The summed E-state index contributed by atoms with van der Waals surface area (Å²) in [6.07, 6.45) is 3.07. The van der Waals surface area contributed by atoms with E-state index < -0.39 is 0 Å². The van der Waals surface area contributed by atoms with Crippen molar-refractivity contribution in [2.24, 2.45) is 18.8 Å². The lowest BCUT2D eigenvalue weighted by Crippen LogP contribution is -2.37. The molecule has 0 spiro atoms. The molecule has 0 radical (unpaired) electrons. The molecule has 96 valence electrons. The van der Waals surface area contributed by atoms with E-state index in [9.17, 15) is 0 Å². The number of aryl methyl sites for hydroxylation is 2. The molecule has 1 fully saturated rings. The molecule has 1 aromatic rings. The van der Waals surface area contributed by atoms with Crippen molar-refractivity contribution < 1.29 is 4.74 Å². The fourth-order valence-corrected chi connectivity index (χ4v) is 2.52. The van der Waals surface area contributed by atoms with Crippen molar-refractivity contribution in [3.63, 3.8) is 0 Å². The second-order valence-corrected chi connectivity index (χ2v) is 4.63. The SMILES string of the molecule is CCc1cc(C(NN)C2CCOCC2)n(C)n1. The van der Waals surface area contributed by atoms with Gasteiger partial charge in [0.15, 0.2) is 0 Å². The van der Waals surface area contributed by atoms with Crippen molar-refractivity contribution >= 4 is 0 Å². The highest BCUT2D eigenvalue weighted by Crippen LogP contribution is 2.29. The minimum absolute atomic E-state index is 0.177. The third-order valence-electron chi connectivity index (χ3n) is 3.56. The van der Waals surface area contributed by atoms with Crippen LogP contribution in [0.15, 0.2) is 6.07 Å². The zero-order valence-corrected chi connectivity index (χ0v) is 10.6. The van der Waals surface area contributed by atoms with Crippen LogP contribution in [-0.4, -0.2) is 23.0 Å². The van der Waals surface area contributed by atoms with Crippen LogP contribution in [0, 0.1) is 5.92 Å². The number of hydrogen-bond donors (Lipinski definition) is 2. The first kappa shape index (κ1) is 12.5. The maximum absolute atomic E-state index is 5.72. The number of ether oxygens (including phenoxy) is 1. The molecule has 0 bridgehead atoms. The highest BCUT2D eigenvalue weighted by Gasteiger charge is 2.27. The van der Waals surface area contributed by atoms with Crippen molar-refractivity contribution in [1.82, 2.24) is 15.2 Å². The van der Waals surface area contributed by atoms with Crippen molar-refractivity contribution in [2.45, 2.75) is 32.2 Å². The molecule has 1 aromatic heterocycles. The van der Waals surface area contributed by atoms with E-state index in [4.69, 9.17) is 10.6 Å². The van der Waals surface area contributed by atoms with E-state index >= 15 is 0 Å². The van der Waals surface area contributed by atoms with Crippen molar-refractivity contribution in [3.05, 3.63) is 17.5 Å². The molecule has 1 unspecified atom stereocenters. The van der Waals surface area contributed by atoms with Crippen molar-refractivity contribution in [1.29, 1.82) is 0 Å². The number of nitrogens with one attached hydrogen (secondary N) is 1. The summed E-state index contributed by atoms with van der Waals surface area (Å²) in [6, 6.07) is 2.33. The average Bonchev–Trinajstić information content (AvgIpc) is 2.73. The van der Waals surface area contributed by atoms with Gasteiger partial charge in [-0.3, -0.25) is 16.0 Å². The molecule has 1 aliphatic rings. The van der Waals surface area contributed by atoms with Crippen LogP contribution in [0.4, 0.5) is 0 Å². The van der Waals surface area contributed by atoms with Gasteiger partial charge in [-0.05, 0) is 31.2 Å². The molecule has 1 atom stereocenters. The Hall–Kier alpha value is -0.910. The van der Waals surface area contributed by atoms with Gasteiger partial charge in [-0.2, -0.15) is 5.10 Å². The first-order valence-electron chi connectivity index (χ1n) is 6.33. The van der Waals surface area contributed by atoms with Gasteiger partial charge in [0.2, 0.25) is 0 Å². The minimum atomic E-state index is 0.177. The molecule has 0 amide bonds. The Morgan fingerprint density at radius 2 is 2.29 bits per heavy atom. The van der Waals surface area contributed by atoms with E-state index in [0.717, 1.165) is 38.2 Å². The van der Waals surface area contributed by atoms with Crippen LogP contribution >= 0.6 is 0 Å². The summed E-state index contributed by atoms with van der Waals surface area (Å²) in [5.74, 6) is 6.26. The Labute approximate surface area is 102 Å². The van der Waals surface area contributed by atoms with E-state index in [1.807, 2.05) is 11.7 Å². The molecule has 1 aliphatic heterocycles. The Kier molecular flexibility index (Phi) is 4.15. The first-order chi connectivity index (χ1) is 8.26. The molecule has 0 aromatic carbocycles. The van der Waals surface area contributed by atoms with Crippen molar-refractivity contribution in [2.75, 3.05) is 13.2 Å². The van der Waals surface area contributed by atoms with Gasteiger partial charge in [0, 0.05) is 20.3 Å². The topological polar surface area (TPSA) is 65.1 Å². The van der Waals surface area contributed by atoms with Crippen LogP contribution in [0.1, 0.15) is 37.2 Å². The first-order valence-corrected chi connectivity index (χ1v) is 6.33. The van der Waals surface area contributed by atoms with Gasteiger partial charge in [0.05, 0.1) is 17.4 Å². The molecule has 1 saturated heterocycles. The van der Waals surface area contributed by atoms with Crippen LogP contribution in [0.5, 0.6) is 0 Å². The van der Waals surface area contributed by atoms with E-state index in [0.29, 0.717) is 5.92 Å². The quantitative estimate of drug-likeness (QED) is 0.604. The Morgan fingerprint density at radius 3 is 2.82 bits per heavy atom. The average molecular weight is 238 g/mol. The zero-order chi connectivity index (χ0) is 12.3. The van der Waals surface area contributed by atoms with Crippen LogP contribution < -0.4 is 11.3 Å². The van der Waals surface area contributed by atoms with E-state index in [2.05, 4.69) is 23.5 Å². The Balaban J connectivity index is 2.18. The normalized spacial score (nSPS) is 19.5. The van der Waals surface area contributed by atoms with Crippen LogP contribution in [-0.2, 0) is 18.2 Å². The maximum atomic E-state index is 5.72. The van der Waals surface area contributed by atoms with Crippen LogP contribution in [0.25, 0.3) is 0 Å². The summed E-state index contributed by atoms with van der Waals surface area (Å²) in [5.41, 5.74) is 5.25. The molecular formula is C12H22N4O. The standard InChI is InChI=1S/C12H22N4O/c1-3-10-8-11(16(2)15-10)12(14-13)9-4-6-17-7-5-9/h8-9,12,14H,3-7,13H2,1-2H3. The van der Waals surface area contributed by atoms with Gasteiger partial charge < -0.3 is 4.74 Å². The third kappa shape index (κ3) is 2.68. The summed E-state index contributed by atoms with van der Waals surface area (Å²) >= 11 is 0. The third-order valence-corrected chi connectivity index (χ3v) is 3.56. The van der Waals surface area contributed by atoms with Gasteiger partial charge >= 0.3 is 0 Å². The molecule has 3 N–H and O–H groups in total. The number of nitrogens with two attached hydrogens (primary N) is 1. The Morgan fingerprint density at radius 1 is 1.59 bits per heavy atom. The fraction of sp³-hybridized carbons (Fsp3) is 0.750. The molecule has 2 rings (SSSR count). The van der Waals surface area contributed by atoms with Gasteiger partial charge in [0.25, 0.3) is 0 Å². The summed E-state index contributed by atoms with van der Waals surface area (Å²) in [7, 11) is 1.98. The summed E-state index contributed by atoms with van der Waals surface area (Å²) in [5, 5.41) is 4.48. The lowest BCUT2D eigenvalue weighted by atomic mass is 9.90. The van der Waals surface area contributed by atoms with E-state index in [-0.39, 0.29) is 6.04 Å². The van der Waals surface area contributed by atoms with Crippen molar-refractivity contribution in [3.8, 4) is 0 Å². The Bertz CT molecular complexity index is 357. The van der Waals surface area contributed by atoms with Crippen LogP contribution in [0.3, 0.4) is 0 Å². The molecule has 0 aliphatic carbocycles. The highest BCUT2D eigenvalue weighted by molar-refractivity contribution is 5.15. The maximum Gasteiger partial charge on any atom is 0.0658 e. The largest absolute Gasteiger partial charge is 0.381 e. The molecular weight excluding hydrogens is 216 g/mol. The monoisotopic (exact) mass is 238 g/mol. The predicted molar refractivity (Wildman–Crippen MR) is 66.2 cm³/mol. The van der Waals surface area contributed by atoms with E-state index in [1.165, 1.54) is 5.69 Å². The number of aromatic nitrogens is 2.